The second-order valence-electron chi connectivity index (χ2n) is 4.52. The molecule has 17 heavy (non-hydrogen) atoms. The van der Waals surface area contributed by atoms with Crippen molar-refractivity contribution in [3.8, 4) is 0 Å². The van der Waals surface area contributed by atoms with Gasteiger partial charge in [0.05, 0.1) is 6.04 Å². The van der Waals surface area contributed by atoms with Gasteiger partial charge >= 0.3 is 6.03 Å². The van der Waals surface area contributed by atoms with E-state index in [0.717, 1.165) is 18.4 Å². The van der Waals surface area contributed by atoms with Crippen LogP contribution in [0.25, 0.3) is 0 Å². The van der Waals surface area contributed by atoms with Crippen molar-refractivity contribution >= 4 is 6.03 Å². The minimum Gasteiger partial charge on any atom is -0.335 e. The highest BCUT2D eigenvalue weighted by molar-refractivity contribution is 5.74. The van der Waals surface area contributed by atoms with E-state index in [1.54, 1.807) is 12.1 Å². The van der Waals surface area contributed by atoms with Crippen LogP contribution in [0.3, 0.4) is 0 Å². The molecule has 1 aliphatic carbocycles. The first-order valence-electron chi connectivity index (χ1n) is 5.97. The molecule has 0 spiro atoms. The molecule has 1 aliphatic rings. The van der Waals surface area contributed by atoms with Crippen LogP contribution in [0, 0.1) is 5.82 Å². The summed E-state index contributed by atoms with van der Waals surface area (Å²) in [7, 11) is 0. The molecule has 0 heterocycles. The molecule has 0 bridgehead atoms. The van der Waals surface area contributed by atoms with E-state index in [1.165, 1.54) is 18.6 Å². The lowest BCUT2D eigenvalue weighted by atomic mass is 9.93. The summed E-state index contributed by atoms with van der Waals surface area (Å²) in [6, 6.07) is 6.24. The number of carbonyl (C=O) groups is 1. The van der Waals surface area contributed by atoms with Crippen molar-refractivity contribution in [3.05, 3.63) is 35.6 Å². The molecule has 0 radical (unpaired) electrons. The fraction of sp³-hybridized carbons (Fsp3) is 0.462. The molecule has 92 valence electrons. The van der Waals surface area contributed by atoms with E-state index in [-0.39, 0.29) is 17.9 Å². The number of benzene rings is 1. The van der Waals surface area contributed by atoms with Crippen LogP contribution >= 0.6 is 0 Å². The van der Waals surface area contributed by atoms with Crippen LogP contribution in [0.4, 0.5) is 9.18 Å². The molecule has 2 N–H and O–H groups in total. The summed E-state index contributed by atoms with van der Waals surface area (Å²) in [5, 5.41) is 5.75. The minimum absolute atomic E-state index is 0.115. The Morgan fingerprint density at radius 1 is 1.35 bits per heavy atom. The lowest BCUT2D eigenvalue weighted by molar-refractivity contribution is 0.225. The Morgan fingerprint density at radius 2 is 2.00 bits per heavy atom. The van der Waals surface area contributed by atoms with Gasteiger partial charge in [-0.2, -0.15) is 0 Å². The van der Waals surface area contributed by atoms with Crippen molar-refractivity contribution in [1.82, 2.24) is 10.6 Å². The van der Waals surface area contributed by atoms with Gasteiger partial charge in [-0.1, -0.05) is 12.1 Å². The van der Waals surface area contributed by atoms with Gasteiger partial charge in [-0.25, -0.2) is 9.18 Å². The van der Waals surface area contributed by atoms with Crippen molar-refractivity contribution in [2.45, 2.75) is 38.3 Å². The molecule has 0 aromatic heterocycles. The fourth-order valence-electron chi connectivity index (χ4n) is 1.81. The smallest absolute Gasteiger partial charge is 0.315 e. The molecule has 1 unspecified atom stereocenters. The molecule has 1 saturated carbocycles. The van der Waals surface area contributed by atoms with Crippen LogP contribution in [-0.2, 0) is 0 Å². The summed E-state index contributed by atoms with van der Waals surface area (Å²) >= 11 is 0. The van der Waals surface area contributed by atoms with Crippen molar-refractivity contribution in [2.24, 2.45) is 0 Å². The van der Waals surface area contributed by atoms with Crippen LogP contribution < -0.4 is 10.6 Å². The third kappa shape index (κ3) is 3.19. The maximum absolute atomic E-state index is 12.7. The van der Waals surface area contributed by atoms with E-state index in [2.05, 4.69) is 10.6 Å². The van der Waals surface area contributed by atoms with E-state index >= 15 is 0 Å². The molecule has 1 atom stereocenters. The SMILES string of the molecule is CC(NC(=O)NC1CCC1)c1ccc(F)cc1. The van der Waals surface area contributed by atoms with E-state index < -0.39 is 0 Å². The highest BCUT2D eigenvalue weighted by Crippen LogP contribution is 2.18. The minimum atomic E-state index is -0.264. The van der Waals surface area contributed by atoms with Gasteiger partial charge in [-0.3, -0.25) is 0 Å². The first kappa shape index (κ1) is 11.9. The monoisotopic (exact) mass is 236 g/mol. The summed E-state index contributed by atoms with van der Waals surface area (Å²) in [4.78, 5) is 11.6. The van der Waals surface area contributed by atoms with Crippen LogP contribution in [0.15, 0.2) is 24.3 Å². The summed E-state index contributed by atoms with van der Waals surface area (Å²) in [5.74, 6) is -0.264. The molecule has 1 fully saturated rings. The zero-order valence-electron chi connectivity index (χ0n) is 9.87. The Hall–Kier alpha value is -1.58. The number of urea groups is 1. The lowest BCUT2D eigenvalue weighted by Gasteiger charge is -2.27. The van der Waals surface area contributed by atoms with Crippen LogP contribution in [0.1, 0.15) is 37.8 Å². The van der Waals surface area contributed by atoms with Crippen molar-refractivity contribution in [1.29, 1.82) is 0 Å². The van der Waals surface area contributed by atoms with Crippen molar-refractivity contribution in [3.63, 3.8) is 0 Å². The first-order valence-corrected chi connectivity index (χ1v) is 5.97. The normalized spacial score (nSPS) is 17.1. The number of nitrogens with one attached hydrogen (secondary N) is 2. The number of hydrogen-bond donors (Lipinski definition) is 2. The molecule has 2 rings (SSSR count). The maximum atomic E-state index is 12.7. The Kier molecular flexibility index (Phi) is 3.61. The third-order valence-electron chi connectivity index (χ3n) is 3.16. The van der Waals surface area contributed by atoms with Crippen LogP contribution in [-0.4, -0.2) is 12.1 Å². The van der Waals surface area contributed by atoms with Gasteiger partial charge in [0.15, 0.2) is 0 Å². The second kappa shape index (κ2) is 5.17. The summed E-state index contributed by atoms with van der Waals surface area (Å²) < 4.78 is 12.7. The average Bonchev–Trinajstić information content (AvgIpc) is 2.24. The molecule has 1 aromatic rings. The fourth-order valence-corrected chi connectivity index (χ4v) is 1.81. The lowest BCUT2D eigenvalue weighted by Crippen LogP contribution is -2.45. The quantitative estimate of drug-likeness (QED) is 0.832. The largest absolute Gasteiger partial charge is 0.335 e. The van der Waals surface area contributed by atoms with Gasteiger partial charge in [0.2, 0.25) is 0 Å². The summed E-state index contributed by atoms with van der Waals surface area (Å²) in [6.45, 7) is 1.88. The highest BCUT2D eigenvalue weighted by Gasteiger charge is 2.20. The Labute approximate surface area is 100 Å². The van der Waals surface area contributed by atoms with Crippen LogP contribution in [0.5, 0.6) is 0 Å². The molecule has 1 aromatic carbocycles. The van der Waals surface area contributed by atoms with Gasteiger partial charge in [-0.05, 0) is 43.9 Å². The van der Waals surface area contributed by atoms with E-state index in [1.807, 2.05) is 6.92 Å². The zero-order valence-corrected chi connectivity index (χ0v) is 9.87. The average molecular weight is 236 g/mol. The number of carbonyl (C=O) groups excluding carboxylic acids is 1. The standard InChI is InChI=1S/C13H17FN2O/c1-9(10-5-7-11(14)8-6-10)15-13(17)16-12-3-2-4-12/h5-9,12H,2-4H2,1H3,(H2,15,16,17). The molecule has 0 aliphatic heterocycles. The predicted molar refractivity (Wildman–Crippen MR) is 64.1 cm³/mol. The van der Waals surface area contributed by atoms with Gasteiger partial charge in [0.25, 0.3) is 0 Å². The van der Waals surface area contributed by atoms with Gasteiger partial charge < -0.3 is 10.6 Å². The Balaban J connectivity index is 1.84. The third-order valence-corrected chi connectivity index (χ3v) is 3.16. The van der Waals surface area contributed by atoms with Gasteiger partial charge in [0.1, 0.15) is 5.82 Å². The van der Waals surface area contributed by atoms with E-state index in [9.17, 15) is 9.18 Å². The molecular formula is C13H17FN2O. The van der Waals surface area contributed by atoms with Crippen molar-refractivity contribution in [2.75, 3.05) is 0 Å². The molecule has 4 heteroatoms. The zero-order chi connectivity index (χ0) is 12.3. The number of halogens is 1. The summed E-state index contributed by atoms with van der Waals surface area (Å²) in [6.07, 6.45) is 3.33. The Morgan fingerprint density at radius 3 is 2.53 bits per heavy atom. The predicted octanol–water partition coefficient (Wildman–Crippen LogP) is 2.74. The van der Waals surface area contributed by atoms with Crippen LogP contribution in [0.2, 0.25) is 0 Å². The van der Waals surface area contributed by atoms with E-state index in [4.69, 9.17) is 0 Å². The van der Waals surface area contributed by atoms with Gasteiger partial charge in [-0.15, -0.1) is 0 Å². The first-order chi connectivity index (χ1) is 8.15. The number of hydrogen-bond acceptors (Lipinski definition) is 1. The molecule has 2 amide bonds. The molecular weight excluding hydrogens is 219 g/mol. The second-order valence-corrected chi connectivity index (χ2v) is 4.52. The molecule has 0 saturated heterocycles. The number of rotatable bonds is 3. The van der Waals surface area contributed by atoms with Gasteiger partial charge in [0, 0.05) is 6.04 Å². The number of amides is 2. The highest BCUT2D eigenvalue weighted by atomic mass is 19.1. The Bertz CT molecular complexity index is 387. The maximum Gasteiger partial charge on any atom is 0.315 e. The van der Waals surface area contributed by atoms with Crippen molar-refractivity contribution < 1.29 is 9.18 Å². The summed E-state index contributed by atoms with van der Waals surface area (Å²) in [5.41, 5.74) is 0.898. The van der Waals surface area contributed by atoms with E-state index in [0.29, 0.717) is 6.04 Å². The topological polar surface area (TPSA) is 41.1 Å². The molecule has 3 nitrogen and oxygen atoms in total.